The molecule has 0 aliphatic carbocycles. The first-order chi connectivity index (χ1) is 15.2. The third-order valence-electron chi connectivity index (χ3n) is 4.43. The van der Waals surface area contributed by atoms with Gasteiger partial charge in [0.05, 0.1) is 18.1 Å². The summed E-state index contributed by atoms with van der Waals surface area (Å²) in [5.41, 5.74) is 5.15. The summed E-state index contributed by atoms with van der Waals surface area (Å²) in [7, 11) is 0. The van der Waals surface area contributed by atoms with E-state index in [-0.39, 0.29) is 35.1 Å². The number of ether oxygens (including phenoxy) is 3. The monoisotopic (exact) mass is 446 g/mol. The molecule has 1 unspecified atom stereocenters. The van der Waals surface area contributed by atoms with E-state index in [0.29, 0.717) is 5.56 Å². The number of carbonyl (C=O) groups is 1. The summed E-state index contributed by atoms with van der Waals surface area (Å²) >= 11 is 0. The summed E-state index contributed by atoms with van der Waals surface area (Å²) in [4.78, 5) is 19.6. The second-order valence-corrected chi connectivity index (χ2v) is 6.51. The van der Waals surface area contributed by atoms with Gasteiger partial charge in [-0.2, -0.15) is 23.4 Å². The minimum atomic E-state index is -4.66. The number of rotatable bonds is 5. The first-order valence-electron chi connectivity index (χ1n) is 9.29. The van der Waals surface area contributed by atoms with Crippen LogP contribution in [0, 0.1) is 11.3 Å². The van der Waals surface area contributed by atoms with Crippen LogP contribution in [0.5, 0.6) is 11.8 Å². The van der Waals surface area contributed by atoms with Gasteiger partial charge in [0.2, 0.25) is 5.88 Å². The Morgan fingerprint density at radius 1 is 1.34 bits per heavy atom. The van der Waals surface area contributed by atoms with Gasteiger partial charge in [0.1, 0.15) is 23.2 Å². The zero-order valence-electron chi connectivity index (χ0n) is 16.9. The number of benzene rings is 1. The topological polar surface area (TPSA) is 120 Å². The number of allylic oxidation sites excluding steroid dienone is 2. The Bertz CT molecular complexity index is 1150. The van der Waals surface area contributed by atoms with E-state index in [1.165, 1.54) is 25.1 Å². The van der Waals surface area contributed by atoms with Gasteiger partial charge in [-0.3, -0.25) is 0 Å². The lowest BCUT2D eigenvalue weighted by molar-refractivity contribution is -0.141. The molecule has 0 radical (unpaired) electrons. The number of hydrogen-bond acceptors (Lipinski definition) is 8. The summed E-state index contributed by atoms with van der Waals surface area (Å²) in [6.07, 6.45) is -3.73. The predicted molar refractivity (Wildman–Crippen MR) is 104 cm³/mol. The summed E-state index contributed by atoms with van der Waals surface area (Å²) in [6.45, 7) is 3.24. The van der Waals surface area contributed by atoms with Crippen LogP contribution in [0.2, 0.25) is 0 Å². The number of carbonyl (C=O) groups excluding carboxylic acids is 1. The molecule has 0 spiro atoms. The van der Waals surface area contributed by atoms with Crippen LogP contribution in [0.15, 0.2) is 59.3 Å². The number of nitrogens with zero attached hydrogens (tertiary/aromatic N) is 3. The molecule has 8 nitrogen and oxygen atoms in total. The Morgan fingerprint density at radius 2 is 2.09 bits per heavy atom. The van der Waals surface area contributed by atoms with E-state index in [0.717, 1.165) is 12.3 Å². The average molecular weight is 446 g/mol. The lowest BCUT2D eigenvalue weighted by Crippen LogP contribution is -2.25. The highest BCUT2D eigenvalue weighted by atomic mass is 19.4. The maximum Gasteiger partial charge on any atom is 0.433 e. The molecule has 1 aliphatic heterocycles. The Hall–Kier alpha value is -4.07. The van der Waals surface area contributed by atoms with Gasteiger partial charge in [0.25, 0.3) is 0 Å². The highest BCUT2D eigenvalue weighted by Crippen LogP contribution is 2.40. The van der Waals surface area contributed by atoms with Crippen LogP contribution in [-0.2, 0) is 20.4 Å². The fourth-order valence-corrected chi connectivity index (χ4v) is 3.10. The number of hydrogen-bond donors (Lipinski definition) is 1. The van der Waals surface area contributed by atoms with Crippen LogP contribution < -0.4 is 10.5 Å². The SMILES string of the molecule is CCOC(=O)C1=C(C)OC(N)=C(C#N)C1c1cccc(Oc2nccc(C(F)(F)F)n2)c1. The van der Waals surface area contributed by atoms with Crippen LogP contribution >= 0.6 is 0 Å². The number of halogens is 3. The maximum atomic E-state index is 12.9. The van der Waals surface area contributed by atoms with Gasteiger partial charge in [-0.1, -0.05) is 12.1 Å². The summed E-state index contributed by atoms with van der Waals surface area (Å²) in [5.74, 6) is -1.54. The third kappa shape index (κ3) is 4.64. The maximum absolute atomic E-state index is 12.9. The van der Waals surface area contributed by atoms with Crippen LogP contribution in [0.4, 0.5) is 13.2 Å². The molecule has 2 heterocycles. The van der Waals surface area contributed by atoms with E-state index >= 15 is 0 Å². The van der Waals surface area contributed by atoms with Crippen molar-refractivity contribution in [2.24, 2.45) is 5.73 Å². The number of alkyl halides is 3. The normalized spacial score (nSPS) is 16.3. The molecular weight excluding hydrogens is 429 g/mol. The molecule has 0 fully saturated rings. The van der Waals surface area contributed by atoms with Gasteiger partial charge in [-0.05, 0) is 37.6 Å². The van der Waals surface area contributed by atoms with Gasteiger partial charge in [0.15, 0.2) is 5.69 Å². The fraction of sp³-hybridized carbons (Fsp3) is 0.238. The highest BCUT2D eigenvalue weighted by Gasteiger charge is 2.36. The zero-order chi connectivity index (χ0) is 23.5. The molecule has 0 saturated carbocycles. The molecule has 3 rings (SSSR count). The smallest absolute Gasteiger partial charge is 0.433 e. The van der Waals surface area contributed by atoms with E-state index in [4.69, 9.17) is 19.9 Å². The fourth-order valence-electron chi connectivity index (χ4n) is 3.10. The molecule has 1 aliphatic rings. The highest BCUT2D eigenvalue weighted by molar-refractivity contribution is 5.92. The summed E-state index contributed by atoms with van der Waals surface area (Å²) < 4.78 is 54.5. The van der Waals surface area contributed by atoms with Crippen molar-refractivity contribution in [3.8, 4) is 17.8 Å². The summed E-state index contributed by atoms with van der Waals surface area (Å²) in [5, 5.41) is 9.62. The Balaban J connectivity index is 2.02. The summed E-state index contributed by atoms with van der Waals surface area (Å²) in [6, 6.07) is 8.19. The Labute approximate surface area is 180 Å². The quantitative estimate of drug-likeness (QED) is 0.686. The minimum absolute atomic E-state index is 0.0221. The number of nitrogens with two attached hydrogens (primary N) is 1. The van der Waals surface area contributed by atoms with Crippen molar-refractivity contribution in [1.29, 1.82) is 5.26 Å². The van der Waals surface area contributed by atoms with Crippen LogP contribution in [0.1, 0.15) is 31.0 Å². The molecule has 166 valence electrons. The Morgan fingerprint density at radius 3 is 2.75 bits per heavy atom. The molecule has 32 heavy (non-hydrogen) atoms. The first kappa shape index (κ1) is 22.6. The van der Waals surface area contributed by atoms with E-state index in [1.54, 1.807) is 13.0 Å². The van der Waals surface area contributed by atoms with Crippen molar-refractivity contribution in [2.75, 3.05) is 6.61 Å². The molecule has 2 N–H and O–H groups in total. The molecule has 2 aromatic rings. The molecule has 1 atom stereocenters. The molecule has 1 aromatic carbocycles. The number of aromatic nitrogens is 2. The van der Waals surface area contributed by atoms with Crippen molar-refractivity contribution in [3.05, 3.63) is 70.6 Å². The molecule has 1 aromatic heterocycles. The average Bonchev–Trinajstić information content (AvgIpc) is 2.73. The van der Waals surface area contributed by atoms with Crippen molar-refractivity contribution < 1.29 is 32.2 Å². The lowest BCUT2D eigenvalue weighted by Gasteiger charge is -2.27. The molecule has 0 amide bonds. The molecular formula is C21H17F3N4O4. The van der Waals surface area contributed by atoms with Gasteiger partial charge < -0.3 is 19.9 Å². The van der Waals surface area contributed by atoms with E-state index in [1.807, 2.05) is 6.07 Å². The van der Waals surface area contributed by atoms with Gasteiger partial charge >= 0.3 is 18.2 Å². The van der Waals surface area contributed by atoms with E-state index in [2.05, 4.69) is 9.97 Å². The van der Waals surface area contributed by atoms with Gasteiger partial charge in [0, 0.05) is 6.20 Å². The van der Waals surface area contributed by atoms with Crippen molar-refractivity contribution in [1.82, 2.24) is 9.97 Å². The first-order valence-corrected chi connectivity index (χ1v) is 9.29. The second-order valence-electron chi connectivity index (χ2n) is 6.51. The number of esters is 1. The molecule has 11 heteroatoms. The van der Waals surface area contributed by atoms with Crippen molar-refractivity contribution >= 4 is 5.97 Å². The Kier molecular flexibility index (Phi) is 6.34. The second kappa shape index (κ2) is 8.97. The van der Waals surface area contributed by atoms with Crippen molar-refractivity contribution in [3.63, 3.8) is 0 Å². The van der Waals surface area contributed by atoms with Crippen LogP contribution in [-0.4, -0.2) is 22.5 Å². The lowest BCUT2D eigenvalue weighted by atomic mass is 9.83. The minimum Gasteiger partial charge on any atom is -0.463 e. The van der Waals surface area contributed by atoms with E-state index in [9.17, 15) is 23.2 Å². The zero-order valence-corrected chi connectivity index (χ0v) is 16.9. The predicted octanol–water partition coefficient (Wildman–Crippen LogP) is 3.93. The number of nitriles is 1. The standard InChI is InChI=1S/C21H17F3N4O4/c1-3-30-19(29)16-11(2)31-18(26)14(10-25)17(16)12-5-4-6-13(9-12)32-20-27-8-7-15(28-20)21(22,23)24/h4-9,17H,3,26H2,1-2H3. The van der Waals surface area contributed by atoms with Gasteiger partial charge in [-0.15, -0.1) is 0 Å². The largest absolute Gasteiger partial charge is 0.463 e. The van der Waals surface area contributed by atoms with E-state index < -0.39 is 29.8 Å². The van der Waals surface area contributed by atoms with Gasteiger partial charge in [-0.25, -0.2) is 9.78 Å². The van der Waals surface area contributed by atoms with Crippen LogP contribution in [0.3, 0.4) is 0 Å². The van der Waals surface area contributed by atoms with Crippen molar-refractivity contribution in [2.45, 2.75) is 25.9 Å². The van der Waals surface area contributed by atoms with Crippen LogP contribution in [0.25, 0.3) is 0 Å². The molecule has 0 saturated heterocycles. The molecule has 0 bridgehead atoms. The third-order valence-corrected chi connectivity index (χ3v) is 4.43.